The van der Waals surface area contributed by atoms with Crippen LogP contribution in [0.1, 0.15) is 61.1 Å². The minimum Gasteiger partial charge on any atom is -0.497 e. The molecule has 0 unspecified atom stereocenters. The van der Waals surface area contributed by atoms with Crippen LogP contribution in [0.4, 0.5) is 0 Å². The maximum atomic E-state index is 5.14. The molecular formula is C36H48O2. The predicted octanol–water partition coefficient (Wildman–Crippen LogP) is 9.63. The Kier molecular flexibility index (Phi) is 16.7. The third-order valence-corrected chi connectivity index (χ3v) is 6.31. The summed E-state index contributed by atoms with van der Waals surface area (Å²) in [7, 11) is 3.38. The van der Waals surface area contributed by atoms with Crippen LogP contribution in [-0.2, 0) is 25.7 Å². The maximum absolute atomic E-state index is 5.14. The Morgan fingerprint density at radius 1 is 0.474 bits per heavy atom. The monoisotopic (exact) mass is 512 g/mol. The number of rotatable bonds is 6. The molecule has 0 amide bonds. The molecule has 4 rings (SSSR count). The van der Waals surface area contributed by atoms with E-state index < -0.39 is 0 Å². The van der Waals surface area contributed by atoms with E-state index in [1.54, 1.807) is 14.2 Å². The lowest BCUT2D eigenvalue weighted by Gasteiger charge is -2.03. The molecule has 2 heteroatoms. The van der Waals surface area contributed by atoms with E-state index in [4.69, 9.17) is 9.47 Å². The van der Waals surface area contributed by atoms with Crippen molar-refractivity contribution in [1.29, 1.82) is 0 Å². The van der Waals surface area contributed by atoms with Crippen molar-refractivity contribution in [3.05, 3.63) is 130 Å². The van der Waals surface area contributed by atoms with Gasteiger partial charge in [0.15, 0.2) is 0 Å². The smallest absolute Gasteiger partial charge is 0.122 e. The fourth-order valence-electron chi connectivity index (χ4n) is 3.69. The van der Waals surface area contributed by atoms with Crippen molar-refractivity contribution in [2.75, 3.05) is 14.2 Å². The van der Waals surface area contributed by atoms with Crippen LogP contribution in [0, 0.1) is 13.8 Å². The van der Waals surface area contributed by atoms with Gasteiger partial charge in [0.2, 0.25) is 0 Å². The molecule has 0 aliphatic heterocycles. The second-order valence-corrected chi connectivity index (χ2v) is 8.99. The highest BCUT2D eigenvalue weighted by Crippen LogP contribution is 2.16. The van der Waals surface area contributed by atoms with Gasteiger partial charge in [0.1, 0.15) is 11.5 Å². The topological polar surface area (TPSA) is 18.5 Å². The van der Waals surface area contributed by atoms with Gasteiger partial charge < -0.3 is 9.47 Å². The van der Waals surface area contributed by atoms with Crippen LogP contribution >= 0.6 is 0 Å². The minimum absolute atomic E-state index is 0.928. The van der Waals surface area contributed by atoms with Crippen LogP contribution < -0.4 is 9.47 Å². The van der Waals surface area contributed by atoms with E-state index in [0.29, 0.717) is 0 Å². The lowest BCUT2D eigenvalue weighted by molar-refractivity contribution is 0.410. The maximum Gasteiger partial charge on any atom is 0.122 e. The molecule has 0 aliphatic rings. The zero-order chi connectivity index (χ0) is 28.2. The molecule has 38 heavy (non-hydrogen) atoms. The number of aryl methyl sites for hydroxylation is 6. The fourth-order valence-corrected chi connectivity index (χ4v) is 3.69. The zero-order valence-corrected chi connectivity index (χ0v) is 24.9. The van der Waals surface area contributed by atoms with Crippen molar-refractivity contribution in [2.45, 2.75) is 67.2 Å². The van der Waals surface area contributed by atoms with Crippen LogP contribution in [-0.4, -0.2) is 14.2 Å². The molecule has 0 heterocycles. The molecule has 4 aromatic carbocycles. The Morgan fingerprint density at radius 3 is 1.34 bits per heavy atom. The average molecular weight is 513 g/mol. The minimum atomic E-state index is 0.928. The molecule has 0 bridgehead atoms. The summed E-state index contributed by atoms with van der Waals surface area (Å²) in [6.07, 6.45) is 4.40. The largest absolute Gasteiger partial charge is 0.497 e. The molecule has 0 aromatic heterocycles. The van der Waals surface area contributed by atoms with E-state index in [-0.39, 0.29) is 0 Å². The quantitative estimate of drug-likeness (QED) is 0.256. The predicted molar refractivity (Wildman–Crippen MR) is 166 cm³/mol. The highest BCUT2D eigenvalue weighted by molar-refractivity contribution is 5.33. The second-order valence-electron chi connectivity index (χ2n) is 8.99. The van der Waals surface area contributed by atoms with Gasteiger partial charge in [0, 0.05) is 0 Å². The van der Waals surface area contributed by atoms with Crippen LogP contribution in [0.15, 0.2) is 97.1 Å². The molecule has 0 aliphatic carbocycles. The first kappa shape index (κ1) is 32.5. The van der Waals surface area contributed by atoms with E-state index in [2.05, 4.69) is 108 Å². The SMILES string of the molecule is CCc1ccc(C)cc1.CCc1ccc(OC)cc1.CCc1ccccc1C.CCc1ccccc1OC. The molecule has 204 valence electrons. The van der Waals surface area contributed by atoms with Gasteiger partial charge in [-0.2, -0.15) is 0 Å². The van der Waals surface area contributed by atoms with Crippen molar-refractivity contribution in [3.63, 3.8) is 0 Å². The summed E-state index contributed by atoms with van der Waals surface area (Å²) >= 11 is 0. The van der Waals surface area contributed by atoms with Crippen LogP contribution in [0.5, 0.6) is 11.5 Å². The van der Waals surface area contributed by atoms with Crippen molar-refractivity contribution in [1.82, 2.24) is 0 Å². The molecule has 0 atom stereocenters. The molecule has 0 spiro atoms. The Bertz CT molecular complexity index is 1080. The summed E-state index contributed by atoms with van der Waals surface area (Å²) in [6, 6.07) is 33.4. The van der Waals surface area contributed by atoms with Crippen molar-refractivity contribution in [2.24, 2.45) is 0 Å². The van der Waals surface area contributed by atoms with Crippen molar-refractivity contribution >= 4 is 0 Å². The summed E-state index contributed by atoms with van der Waals surface area (Å²) in [6.45, 7) is 12.9. The van der Waals surface area contributed by atoms with E-state index in [9.17, 15) is 0 Å². The molecule has 2 nitrogen and oxygen atoms in total. The van der Waals surface area contributed by atoms with Gasteiger partial charge in [0.25, 0.3) is 0 Å². The normalized spacial score (nSPS) is 9.47. The second kappa shape index (κ2) is 19.6. The molecular weight excluding hydrogens is 464 g/mol. The Hall–Kier alpha value is -3.52. The molecule has 4 aromatic rings. The van der Waals surface area contributed by atoms with E-state index in [1.807, 2.05) is 30.3 Å². The van der Waals surface area contributed by atoms with E-state index in [0.717, 1.165) is 37.2 Å². The number of methoxy groups -OCH3 is 2. The standard InChI is InChI=1S/2C9H12O.2C9H12/c1-3-8-4-6-9(10-2)7-5-8;1-3-8-6-4-5-7-9(8)10-2;1-3-9-6-4-8(2)5-7-9;1-3-9-7-5-4-6-8(9)2/h2*4-7H,3H2,1-2H3;2*4-7H,3H2,1-2H3. The van der Waals surface area contributed by atoms with E-state index in [1.165, 1.54) is 33.4 Å². The van der Waals surface area contributed by atoms with Gasteiger partial charge in [-0.05, 0) is 85.5 Å². The summed E-state index contributed by atoms with van der Waals surface area (Å²) in [4.78, 5) is 0. The lowest BCUT2D eigenvalue weighted by Crippen LogP contribution is -1.88. The van der Waals surface area contributed by atoms with Gasteiger partial charge in [-0.3, -0.25) is 0 Å². The van der Waals surface area contributed by atoms with Crippen molar-refractivity contribution < 1.29 is 9.47 Å². The first-order chi connectivity index (χ1) is 18.4. The molecule has 0 N–H and O–H groups in total. The van der Waals surface area contributed by atoms with Crippen LogP contribution in [0.3, 0.4) is 0 Å². The number of benzene rings is 4. The van der Waals surface area contributed by atoms with Gasteiger partial charge in [-0.15, -0.1) is 0 Å². The summed E-state index contributed by atoms with van der Waals surface area (Å²) in [5.74, 6) is 1.92. The lowest BCUT2D eigenvalue weighted by atomic mass is 10.1. The molecule has 0 saturated carbocycles. The molecule has 0 fully saturated rings. The summed E-state index contributed by atoms with van der Waals surface area (Å²) < 4.78 is 10.1. The fraction of sp³-hybridized carbons (Fsp3) is 0.333. The number of para-hydroxylation sites is 1. The zero-order valence-electron chi connectivity index (χ0n) is 24.9. The number of ether oxygens (including phenoxy) is 2. The average Bonchev–Trinajstić information content (AvgIpc) is 2.98. The number of hydrogen-bond donors (Lipinski definition) is 0. The van der Waals surface area contributed by atoms with Gasteiger partial charge in [-0.25, -0.2) is 0 Å². The van der Waals surface area contributed by atoms with Crippen molar-refractivity contribution in [3.8, 4) is 11.5 Å². The highest BCUT2D eigenvalue weighted by Gasteiger charge is 1.95. The van der Waals surface area contributed by atoms with Gasteiger partial charge in [0.05, 0.1) is 14.2 Å². The van der Waals surface area contributed by atoms with Crippen LogP contribution in [0.25, 0.3) is 0 Å². The summed E-state index contributed by atoms with van der Waals surface area (Å²) in [5, 5.41) is 0. The molecule has 0 radical (unpaired) electrons. The Balaban J connectivity index is 0.000000254. The Labute approximate surface area is 232 Å². The van der Waals surface area contributed by atoms with Gasteiger partial charge in [-0.1, -0.05) is 112 Å². The third-order valence-electron chi connectivity index (χ3n) is 6.31. The van der Waals surface area contributed by atoms with E-state index >= 15 is 0 Å². The number of hydrogen-bond acceptors (Lipinski definition) is 2. The highest BCUT2D eigenvalue weighted by atomic mass is 16.5. The first-order valence-electron chi connectivity index (χ1n) is 13.8. The third kappa shape index (κ3) is 12.6. The molecule has 0 saturated heterocycles. The van der Waals surface area contributed by atoms with Gasteiger partial charge >= 0.3 is 0 Å². The Morgan fingerprint density at radius 2 is 0.947 bits per heavy atom. The first-order valence-corrected chi connectivity index (χ1v) is 13.8. The summed E-state index contributed by atoms with van der Waals surface area (Å²) in [5.41, 5.74) is 8.23. The van der Waals surface area contributed by atoms with Crippen LogP contribution in [0.2, 0.25) is 0 Å².